The summed E-state index contributed by atoms with van der Waals surface area (Å²) in [6, 6.07) is 9.03. The van der Waals surface area contributed by atoms with E-state index in [1.165, 1.54) is 0 Å². The molecule has 0 aliphatic rings. The topological polar surface area (TPSA) is 18.5 Å². The van der Waals surface area contributed by atoms with Crippen LogP contribution in [0.2, 0.25) is 0 Å². The quantitative estimate of drug-likeness (QED) is 0.753. The number of benzene rings is 2. The highest BCUT2D eigenvalue weighted by Crippen LogP contribution is 2.24. The largest absolute Gasteiger partial charge is 0.468 e. The average Bonchev–Trinajstić information content (AvgIpc) is 2.35. The minimum atomic E-state index is -0.163. The third kappa shape index (κ3) is 2.56. The molecule has 0 N–H and O–H groups in total. The van der Waals surface area contributed by atoms with Crippen molar-refractivity contribution in [1.29, 1.82) is 0 Å². The molecule has 3 heteroatoms. The second-order valence-electron chi connectivity index (χ2n) is 3.86. The predicted molar refractivity (Wildman–Crippen MR) is 65.8 cm³/mol. The van der Waals surface area contributed by atoms with Gasteiger partial charge in [-0.05, 0) is 47.0 Å². The van der Waals surface area contributed by atoms with Crippen LogP contribution in [0.4, 0.5) is 4.39 Å². The smallest absolute Gasteiger partial charge is 0.188 e. The van der Waals surface area contributed by atoms with E-state index in [-0.39, 0.29) is 12.6 Å². The van der Waals surface area contributed by atoms with Gasteiger partial charge in [0.2, 0.25) is 0 Å². The minimum Gasteiger partial charge on any atom is -0.468 e. The van der Waals surface area contributed by atoms with Gasteiger partial charge in [-0.25, -0.2) is 4.39 Å². The van der Waals surface area contributed by atoms with Crippen LogP contribution in [0, 0.1) is 5.82 Å². The molecule has 2 aromatic rings. The standard InChI is InChI=1S/C14H15FO2/c1-3-10-6-11-4-5-13(17-9-16-2)7-12(11)8-14(10)15/h4-8H,3,9H2,1-2H3. The summed E-state index contributed by atoms with van der Waals surface area (Å²) in [5, 5.41) is 1.86. The van der Waals surface area contributed by atoms with Crippen LogP contribution >= 0.6 is 0 Å². The van der Waals surface area contributed by atoms with E-state index in [4.69, 9.17) is 9.47 Å². The van der Waals surface area contributed by atoms with Crippen LogP contribution in [-0.2, 0) is 11.2 Å². The molecule has 0 radical (unpaired) electrons. The average molecular weight is 234 g/mol. The van der Waals surface area contributed by atoms with Crippen molar-refractivity contribution in [1.82, 2.24) is 0 Å². The van der Waals surface area contributed by atoms with Gasteiger partial charge in [-0.3, -0.25) is 0 Å². The first-order valence-corrected chi connectivity index (χ1v) is 5.58. The highest BCUT2D eigenvalue weighted by molar-refractivity contribution is 5.84. The number of aryl methyl sites for hydroxylation is 1. The molecule has 0 atom stereocenters. The van der Waals surface area contributed by atoms with Crippen molar-refractivity contribution in [2.75, 3.05) is 13.9 Å². The summed E-state index contributed by atoms with van der Waals surface area (Å²) in [5.41, 5.74) is 0.739. The lowest BCUT2D eigenvalue weighted by Crippen LogP contribution is -1.98. The second kappa shape index (κ2) is 5.15. The Kier molecular flexibility index (Phi) is 3.59. The molecule has 0 amide bonds. The SMILES string of the molecule is CCc1cc2ccc(OCOC)cc2cc1F. The molecule has 0 bridgehead atoms. The molecule has 2 rings (SSSR count). The van der Waals surface area contributed by atoms with Crippen molar-refractivity contribution in [3.05, 3.63) is 41.7 Å². The molecular formula is C14H15FO2. The van der Waals surface area contributed by atoms with Crippen LogP contribution in [0.25, 0.3) is 10.8 Å². The maximum Gasteiger partial charge on any atom is 0.188 e. The number of ether oxygens (including phenoxy) is 2. The Bertz CT molecular complexity index is 523. The highest BCUT2D eigenvalue weighted by Gasteiger charge is 2.04. The molecular weight excluding hydrogens is 219 g/mol. The van der Waals surface area contributed by atoms with Crippen molar-refractivity contribution in [3.8, 4) is 5.75 Å². The van der Waals surface area contributed by atoms with Crippen molar-refractivity contribution in [2.24, 2.45) is 0 Å². The first-order valence-electron chi connectivity index (χ1n) is 5.58. The summed E-state index contributed by atoms with van der Waals surface area (Å²) in [4.78, 5) is 0. The van der Waals surface area contributed by atoms with Crippen LogP contribution in [0.15, 0.2) is 30.3 Å². The van der Waals surface area contributed by atoms with Gasteiger partial charge in [0, 0.05) is 7.11 Å². The number of fused-ring (bicyclic) bond motifs is 1. The van der Waals surface area contributed by atoms with Gasteiger partial charge in [-0.1, -0.05) is 13.0 Å². The van der Waals surface area contributed by atoms with E-state index in [1.54, 1.807) is 13.2 Å². The Hall–Kier alpha value is -1.61. The monoisotopic (exact) mass is 234 g/mol. The first kappa shape index (κ1) is 11.9. The summed E-state index contributed by atoms with van der Waals surface area (Å²) < 4.78 is 23.8. The maximum atomic E-state index is 13.6. The Morgan fingerprint density at radius 3 is 2.65 bits per heavy atom. The minimum absolute atomic E-state index is 0.163. The zero-order valence-corrected chi connectivity index (χ0v) is 10.00. The van der Waals surface area contributed by atoms with Gasteiger partial charge in [0.25, 0.3) is 0 Å². The Morgan fingerprint density at radius 1 is 1.12 bits per heavy atom. The number of hydrogen-bond donors (Lipinski definition) is 0. The fraction of sp³-hybridized carbons (Fsp3) is 0.286. The zero-order valence-electron chi connectivity index (χ0n) is 10.00. The number of methoxy groups -OCH3 is 1. The van der Waals surface area contributed by atoms with Crippen molar-refractivity contribution in [2.45, 2.75) is 13.3 Å². The van der Waals surface area contributed by atoms with Crippen molar-refractivity contribution < 1.29 is 13.9 Å². The predicted octanol–water partition coefficient (Wildman–Crippen LogP) is 3.52. The molecule has 90 valence electrons. The first-order chi connectivity index (χ1) is 8.24. The van der Waals surface area contributed by atoms with Crippen LogP contribution in [0.5, 0.6) is 5.75 Å². The van der Waals surface area contributed by atoms with Gasteiger partial charge >= 0.3 is 0 Å². The fourth-order valence-electron chi connectivity index (χ4n) is 1.78. The second-order valence-corrected chi connectivity index (χ2v) is 3.86. The van der Waals surface area contributed by atoms with Crippen molar-refractivity contribution >= 4 is 10.8 Å². The summed E-state index contributed by atoms with van der Waals surface area (Å²) in [7, 11) is 1.56. The molecule has 0 aliphatic carbocycles. The molecule has 2 aromatic carbocycles. The molecule has 0 saturated carbocycles. The Morgan fingerprint density at radius 2 is 1.94 bits per heavy atom. The normalized spacial score (nSPS) is 10.8. The molecule has 0 heterocycles. The van der Waals surface area contributed by atoms with Gasteiger partial charge in [0.1, 0.15) is 11.6 Å². The lowest BCUT2D eigenvalue weighted by Gasteiger charge is -2.07. The van der Waals surface area contributed by atoms with E-state index >= 15 is 0 Å². The lowest BCUT2D eigenvalue weighted by molar-refractivity contribution is 0.0512. The molecule has 2 nitrogen and oxygen atoms in total. The van der Waals surface area contributed by atoms with E-state index < -0.39 is 0 Å². The summed E-state index contributed by atoms with van der Waals surface area (Å²) in [6.07, 6.45) is 0.698. The fourth-order valence-corrected chi connectivity index (χ4v) is 1.78. The molecule has 0 spiro atoms. The van der Waals surface area contributed by atoms with Crippen LogP contribution in [0.3, 0.4) is 0 Å². The van der Waals surface area contributed by atoms with Gasteiger partial charge in [-0.15, -0.1) is 0 Å². The van der Waals surface area contributed by atoms with Gasteiger partial charge in [0.05, 0.1) is 0 Å². The molecule has 0 aromatic heterocycles. The van der Waals surface area contributed by atoms with Crippen LogP contribution in [-0.4, -0.2) is 13.9 Å². The molecule has 17 heavy (non-hydrogen) atoms. The molecule has 0 unspecified atom stereocenters. The van der Waals surface area contributed by atoms with Gasteiger partial charge < -0.3 is 9.47 Å². The summed E-state index contributed by atoms with van der Waals surface area (Å²) >= 11 is 0. The molecule has 0 saturated heterocycles. The van der Waals surface area contributed by atoms with Gasteiger partial charge in [0.15, 0.2) is 6.79 Å². The Labute approximate surface area is 100.0 Å². The van der Waals surface area contributed by atoms with Gasteiger partial charge in [-0.2, -0.15) is 0 Å². The molecule has 0 aliphatic heterocycles. The van der Waals surface area contributed by atoms with Crippen LogP contribution < -0.4 is 4.74 Å². The van der Waals surface area contributed by atoms with E-state index in [9.17, 15) is 4.39 Å². The molecule has 0 fully saturated rings. The van der Waals surface area contributed by atoms with Crippen molar-refractivity contribution in [3.63, 3.8) is 0 Å². The summed E-state index contributed by atoms with van der Waals surface area (Å²) in [5.74, 6) is 0.520. The zero-order chi connectivity index (χ0) is 12.3. The van der Waals surface area contributed by atoms with Crippen LogP contribution in [0.1, 0.15) is 12.5 Å². The number of halogens is 1. The lowest BCUT2D eigenvalue weighted by atomic mass is 10.0. The van der Waals surface area contributed by atoms with E-state index in [0.29, 0.717) is 12.2 Å². The number of rotatable bonds is 4. The van der Waals surface area contributed by atoms with E-state index in [2.05, 4.69) is 0 Å². The number of hydrogen-bond acceptors (Lipinski definition) is 2. The van der Waals surface area contributed by atoms with E-state index in [0.717, 1.165) is 16.3 Å². The third-order valence-corrected chi connectivity index (χ3v) is 2.70. The third-order valence-electron chi connectivity index (χ3n) is 2.70. The Balaban J connectivity index is 2.40. The summed E-state index contributed by atoms with van der Waals surface area (Å²) in [6.45, 7) is 2.14. The highest BCUT2D eigenvalue weighted by atomic mass is 19.1. The maximum absolute atomic E-state index is 13.6. The van der Waals surface area contributed by atoms with E-state index in [1.807, 2.05) is 31.2 Å².